The zero-order valence-electron chi connectivity index (χ0n) is 14.0. The minimum atomic E-state index is -4.01. The third-order valence-electron chi connectivity index (χ3n) is 4.20. The van der Waals surface area contributed by atoms with Gasteiger partial charge >= 0.3 is 0 Å². The van der Waals surface area contributed by atoms with Gasteiger partial charge in [0.15, 0.2) is 0 Å². The number of benzene rings is 2. The van der Waals surface area contributed by atoms with Gasteiger partial charge in [0.05, 0.1) is 27.0 Å². The smallest absolute Gasteiger partial charge is 0.270 e. The lowest BCUT2D eigenvalue weighted by Crippen LogP contribution is -2.39. The van der Waals surface area contributed by atoms with Gasteiger partial charge in [-0.1, -0.05) is 41.6 Å². The van der Waals surface area contributed by atoms with E-state index in [-0.39, 0.29) is 10.6 Å². The lowest BCUT2D eigenvalue weighted by molar-refractivity contribution is -0.115. The van der Waals surface area contributed by atoms with Crippen molar-refractivity contribution in [2.24, 2.45) is 0 Å². The third-order valence-corrected chi connectivity index (χ3v) is 6.97. The molecule has 0 saturated heterocycles. The van der Waals surface area contributed by atoms with Gasteiger partial charge in [-0.25, -0.2) is 8.42 Å². The van der Waals surface area contributed by atoms with Crippen LogP contribution in [0.3, 0.4) is 0 Å². The van der Waals surface area contributed by atoms with Gasteiger partial charge in [-0.05, 0) is 43.3 Å². The Morgan fingerprint density at radius 1 is 0.923 bits per heavy atom. The first-order valence-electron chi connectivity index (χ1n) is 8.03. The first-order valence-corrected chi connectivity index (χ1v) is 10.5. The largest absolute Gasteiger partial charge is 0.310 e. The van der Waals surface area contributed by atoms with E-state index in [0.717, 1.165) is 14.9 Å². The highest BCUT2D eigenvalue weighted by Gasteiger charge is 2.34. The fraction of sp³-hybridized carbons (Fsp3) is 0.105. The average molecular weight is 384 g/mol. The Kier molecular flexibility index (Phi) is 4.13. The standard InChI is InChI=1S/C19H16N2O3S2/c1-14-8-10-15(11-9-14)26(23,24)21-17-6-3-2-5-16(17)20-12-4-7-19(20)25-13-18(21)22/h2-12H,13H2,1H3. The number of carbonyl (C=O) groups is 1. The van der Waals surface area contributed by atoms with E-state index >= 15 is 0 Å². The number of para-hydroxylation sites is 2. The SMILES string of the molecule is Cc1ccc(S(=O)(=O)N2C(=O)CSc3cccn3-c3ccccc32)cc1. The quantitative estimate of drug-likeness (QED) is 0.677. The molecule has 1 aromatic heterocycles. The maximum Gasteiger partial charge on any atom is 0.270 e. The molecule has 0 radical (unpaired) electrons. The molecule has 0 N–H and O–H groups in total. The number of amides is 1. The number of nitrogens with zero attached hydrogens (tertiary/aromatic N) is 2. The molecular weight excluding hydrogens is 368 g/mol. The average Bonchev–Trinajstić information content (AvgIpc) is 3.07. The van der Waals surface area contributed by atoms with Gasteiger partial charge in [-0.3, -0.25) is 4.79 Å². The summed E-state index contributed by atoms with van der Waals surface area (Å²) in [6.07, 6.45) is 1.87. The number of sulfonamides is 1. The molecule has 0 unspecified atom stereocenters. The number of aryl methyl sites for hydroxylation is 1. The predicted molar refractivity (Wildman–Crippen MR) is 102 cm³/mol. The van der Waals surface area contributed by atoms with E-state index in [1.165, 1.54) is 23.9 Å². The van der Waals surface area contributed by atoms with Crippen LogP contribution in [-0.2, 0) is 14.8 Å². The minimum absolute atomic E-state index is 0.0451. The highest BCUT2D eigenvalue weighted by Crippen LogP contribution is 2.36. The van der Waals surface area contributed by atoms with Crippen molar-refractivity contribution in [3.63, 3.8) is 0 Å². The minimum Gasteiger partial charge on any atom is -0.310 e. The van der Waals surface area contributed by atoms with Gasteiger partial charge in [0.1, 0.15) is 0 Å². The van der Waals surface area contributed by atoms with Crippen LogP contribution < -0.4 is 4.31 Å². The molecule has 3 aromatic rings. The van der Waals surface area contributed by atoms with E-state index in [1.807, 2.05) is 42.0 Å². The first-order chi connectivity index (χ1) is 12.5. The Hall–Kier alpha value is -2.51. The van der Waals surface area contributed by atoms with E-state index < -0.39 is 15.9 Å². The van der Waals surface area contributed by atoms with Gasteiger partial charge in [-0.2, -0.15) is 4.31 Å². The zero-order chi connectivity index (χ0) is 18.3. The fourth-order valence-electron chi connectivity index (χ4n) is 2.93. The second kappa shape index (κ2) is 6.34. The number of carbonyl (C=O) groups excluding carboxylic acids is 1. The summed E-state index contributed by atoms with van der Waals surface area (Å²) in [5.74, 6) is -0.417. The maximum absolute atomic E-state index is 13.3. The summed E-state index contributed by atoms with van der Waals surface area (Å²) < 4.78 is 29.4. The highest BCUT2D eigenvalue weighted by molar-refractivity contribution is 8.00. The maximum atomic E-state index is 13.3. The normalized spacial score (nSPS) is 14.3. The molecule has 2 heterocycles. The summed E-state index contributed by atoms with van der Waals surface area (Å²) in [5.41, 5.74) is 1.97. The number of hydrogen-bond donors (Lipinski definition) is 0. The first kappa shape index (κ1) is 16.9. The second-order valence-electron chi connectivity index (χ2n) is 5.97. The van der Waals surface area contributed by atoms with Crippen LogP contribution >= 0.6 is 11.8 Å². The molecule has 0 saturated carbocycles. The van der Waals surface area contributed by atoms with E-state index in [4.69, 9.17) is 0 Å². The van der Waals surface area contributed by atoms with Gasteiger partial charge in [0.25, 0.3) is 15.9 Å². The molecule has 0 spiro atoms. The second-order valence-corrected chi connectivity index (χ2v) is 8.75. The molecule has 2 aromatic carbocycles. The predicted octanol–water partition coefficient (Wildman–Crippen LogP) is 3.61. The molecule has 132 valence electrons. The Morgan fingerprint density at radius 2 is 1.62 bits per heavy atom. The Bertz CT molecular complexity index is 1090. The van der Waals surface area contributed by atoms with Gasteiger partial charge in [-0.15, -0.1) is 0 Å². The van der Waals surface area contributed by atoms with Crippen LogP contribution in [0.4, 0.5) is 5.69 Å². The number of aromatic nitrogens is 1. The van der Waals surface area contributed by atoms with E-state index in [9.17, 15) is 13.2 Å². The number of anilines is 1. The van der Waals surface area contributed by atoms with Gasteiger partial charge < -0.3 is 4.57 Å². The molecule has 1 aliphatic rings. The Labute approximate surface area is 156 Å². The Morgan fingerprint density at radius 3 is 2.35 bits per heavy atom. The molecule has 4 rings (SSSR count). The van der Waals surface area contributed by atoms with E-state index in [1.54, 1.807) is 24.3 Å². The summed E-state index contributed by atoms with van der Waals surface area (Å²) in [6.45, 7) is 1.89. The summed E-state index contributed by atoms with van der Waals surface area (Å²) in [4.78, 5) is 13.0. The molecule has 1 amide bonds. The van der Waals surface area contributed by atoms with Crippen LogP contribution in [-0.4, -0.2) is 24.6 Å². The van der Waals surface area contributed by atoms with E-state index in [0.29, 0.717) is 11.4 Å². The van der Waals surface area contributed by atoms with Crippen molar-refractivity contribution in [2.45, 2.75) is 16.8 Å². The lowest BCUT2D eigenvalue weighted by Gasteiger charge is -2.27. The fourth-order valence-corrected chi connectivity index (χ4v) is 5.32. The molecule has 0 atom stereocenters. The Balaban J connectivity index is 1.94. The lowest BCUT2D eigenvalue weighted by atomic mass is 10.2. The van der Waals surface area contributed by atoms with Crippen molar-refractivity contribution in [3.05, 3.63) is 72.4 Å². The topological polar surface area (TPSA) is 59.4 Å². The molecule has 5 nitrogen and oxygen atoms in total. The molecule has 0 fully saturated rings. The number of fused-ring (bicyclic) bond motifs is 3. The van der Waals surface area contributed by atoms with Crippen LogP contribution in [0.2, 0.25) is 0 Å². The molecule has 0 aliphatic carbocycles. The molecule has 7 heteroatoms. The summed E-state index contributed by atoms with van der Waals surface area (Å²) in [5, 5.41) is 0.901. The molecular formula is C19H16N2O3S2. The van der Waals surface area contributed by atoms with Crippen molar-refractivity contribution in [3.8, 4) is 5.69 Å². The molecule has 0 bridgehead atoms. The number of hydrogen-bond acceptors (Lipinski definition) is 4. The molecule has 26 heavy (non-hydrogen) atoms. The summed E-state index contributed by atoms with van der Waals surface area (Å²) in [7, 11) is -4.01. The van der Waals surface area contributed by atoms with E-state index in [2.05, 4.69) is 0 Å². The van der Waals surface area contributed by atoms with Crippen LogP contribution in [0.25, 0.3) is 5.69 Å². The van der Waals surface area contributed by atoms with Crippen LogP contribution in [0, 0.1) is 6.92 Å². The monoisotopic (exact) mass is 384 g/mol. The molecule has 1 aliphatic heterocycles. The van der Waals surface area contributed by atoms with Crippen molar-refractivity contribution < 1.29 is 13.2 Å². The summed E-state index contributed by atoms with van der Waals surface area (Å²) in [6, 6.07) is 17.4. The third kappa shape index (κ3) is 2.73. The summed E-state index contributed by atoms with van der Waals surface area (Å²) >= 11 is 1.33. The van der Waals surface area contributed by atoms with Crippen molar-refractivity contribution in [1.82, 2.24) is 4.57 Å². The van der Waals surface area contributed by atoms with Crippen molar-refractivity contribution in [1.29, 1.82) is 0 Å². The van der Waals surface area contributed by atoms with Crippen LogP contribution in [0.15, 0.2) is 76.8 Å². The highest BCUT2D eigenvalue weighted by atomic mass is 32.2. The van der Waals surface area contributed by atoms with Crippen molar-refractivity contribution in [2.75, 3.05) is 10.1 Å². The van der Waals surface area contributed by atoms with Gasteiger partial charge in [0.2, 0.25) is 0 Å². The van der Waals surface area contributed by atoms with Crippen LogP contribution in [0.5, 0.6) is 0 Å². The van der Waals surface area contributed by atoms with Crippen LogP contribution in [0.1, 0.15) is 5.56 Å². The number of rotatable bonds is 2. The number of thioether (sulfide) groups is 1. The zero-order valence-corrected chi connectivity index (χ0v) is 15.6. The van der Waals surface area contributed by atoms with Crippen molar-refractivity contribution >= 4 is 33.4 Å². The van der Waals surface area contributed by atoms with Gasteiger partial charge in [0, 0.05) is 6.20 Å².